The number of carboxylic acids is 12. The summed E-state index contributed by atoms with van der Waals surface area (Å²) >= 11 is 0. The fourth-order valence-corrected chi connectivity index (χ4v) is 16.7. The van der Waals surface area contributed by atoms with Crippen molar-refractivity contribution in [2.75, 3.05) is 44.9 Å². The maximum atomic E-state index is 13.0. The van der Waals surface area contributed by atoms with Gasteiger partial charge in [-0.3, -0.25) is 95.2 Å². The summed E-state index contributed by atoms with van der Waals surface area (Å²) in [5.41, 5.74) is 0.551. The molecule has 0 aliphatic heterocycles. The second-order valence-electron chi connectivity index (χ2n) is 31.1. The van der Waals surface area contributed by atoms with Crippen molar-refractivity contribution in [1.82, 2.24) is 21.3 Å². The number of carbonyl (C=O) groups is 20. The van der Waals surface area contributed by atoms with Gasteiger partial charge in [0.25, 0.3) is 5.91 Å². The quantitative estimate of drug-likeness (QED) is 0.0144. The minimum absolute atomic E-state index is 0.0161. The zero-order valence-electron chi connectivity index (χ0n) is 73.1. The monoisotopic (exact) mass is 1980 g/mol. The van der Waals surface area contributed by atoms with Crippen LogP contribution in [0.3, 0.4) is 0 Å². The lowest BCUT2D eigenvalue weighted by Crippen LogP contribution is -2.41. The molecule has 12 atom stereocenters. The van der Waals surface area contributed by atoms with Crippen LogP contribution in [0.1, 0.15) is 224 Å². The van der Waals surface area contributed by atoms with E-state index >= 15 is 0 Å². The average molecular weight is 1980 g/mol. The summed E-state index contributed by atoms with van der Waals surface area (Å²) in [7, 11) is -13.5. The fourth-order valence-electron chi connectivity index (χ4n) is 12.5. The summed E-state index contributed by atoms with van der Waals surface area (Å²) in [6.45, 7) is -1.15. The Bertz CT molecular complexity index is 4660. The fraction of sp³-hybridized carbons (Fsp3) is 0.548. The molecule has 45 nitrogen and oxygen atoms in total. The Balaban J connectivity index is 0.00000104. The van der Waals surface area contributed by atoms with Gasteiger partial charge in [-0.1, -0.05) is 19.3 Å². The molecule has 3 aromatic carbocycles. The lowest BCUT2D eigenvalue weighted by Gasteiger charge is -2.18. The highest BCUT2D eigenvalue weighted by atomic mass is 31.2. The van der Waals surface area contributed by atoms with Gasteiger partial charge in [-0.2, -0.15) is 0 Å². The third-order valence-corrected chi connectivity index (χ3v) is 24.5. The average Bonchev–Trinajstić information content (AvgIpc) is 0.879. The Morgan fingerprint density at radius 2 is 0.593 bits per heavy atom. The van der Waals surface area contributed by atoms with E-state index in [-0.39, 0.29) is 92.8 Å². The maximum absolute atomic E-state index is 13.0. The predicted octanol–water partition coefficient (Wildman–Crippen LogP) is 8.19. The molecule has 0 aromatic heterocycles. The van der Waals surface area contributed by atoms with Crippen molar-refractivity contribution in [2.24, 2.45) is 35.5 Å². The van der Waals surface area contributed by atoms with Crippen LogP contribution in [0.5, 0.6) is 0 Å². The largest absolute Gasteiger partial charge is 0.481 e. The molecule has 0 saturated heterocycles. The van der Waals surface area contributed by atoms with Gasteiger partial charge in [0.1, 0.15) is 47.1 Å². The van der Waals surface area contributed by atoms with Gasteiger partial charge >= 0.3 is 94.4 Å². The lowest BCUT2D eigenvalue weighted by molar-refractivity contribution is -0.145. The summed E-state index contributed by atoms with van der Waals surface area (Å²) in [6, 6.07) is 9.77. The number of carboxylic acid groups (broad SMARTS) is 12. The van der Waals surface area contributed by atoms with Gasteiger partial charge < -0.3 is 111 Å². The van der Waals surface area contributed by atoms with E-state index in [1.54, 1.807) is 0 Å². The maximum Gasteiger partial charge on any atom is 0.328 e. The predicted molar refractivity (Wildman–Crippen MR) is 459 cm³/mol. The SMILES string of the molecule is O=C(O)CCC(CP(=O)(O)OCCC(CC(=O)CC[C@H](NC(=O)c1ccc([18F])cc1)C(=O)O)C(=O)O)C(=O)O.O=C(O)CC[C@H](CP(=O)(O)OCCC[C@H](NC(=O)CC[C@H](CC(=O)CCCCCNC(=O)CCCCCCC(=O)c1ccc([18F])cc1)C(=O)O)C(=O)O)C(=O)O.O=C(O)CC[C@H](CP(=O)(O)OCCC[C@H](NC(=O)CC[C@H](CC(=O)c1ccc([18F])cc1)C(=O)O)C(=O)O)C(=O)O. The molecular weight excluding hydrogens is 1870 g/mol. The Morgan fingerprint density at radius 3 is 0.963 bits per heavy atom. The number of aliphatic carboxylic acids is 12. The van der Waals surface area contributed by atoms with Crippen LogP contribution in [0.4, 0.5) is 13.2 Å². The molecule has 3 rings (SSSR count). The molecule has 135 heavy (non-hydrogen) atoms. The number of amides is 4. The number of nitrogens with one attached hydrogen (secondary N) is 4. The molecule has 5 unspecified atom stereocenters. The van der Waals surface area contributed by atoms with E-state index in [4.69, 9.17) is 39.1 Å². The molecule has 0 aliphatic rings. The van der Waals surface area contributed by atoms with Gasteiger partial charge in [-0.25, -0.2) is 27.6 Å². The third-order valence-electron chi connectivity index (χ3n) is 20.0. The Labute approximate surface area is 769 Å². The molecule has 51 heteroatoms. The van der Waals surface area contributed by atoms with E-state index in [1.165, 1.54) is 36.4 Å². The van der Waals surface area contributed by atoms with Crippen LogP contribution in [-0.4, -0.2) is 257 Å². The Hall–Kier alpha value is -11.9. The molecule has 0 radical (unpaired) electrons. The Morgan fingerprint density at radius 1 is 0.281 bits per heavy atom. The first kappa shape index (κ1) is 121. The molecule has 0 saturated carbocycles. The first-order chi connectivity index (χ1) is 63.1. The zero-order chi connectivity index (χ0) is 102. The molecule has 0 fully saturated rings. The molecule has 3 aromatic rings. The number of hydrogen-bond donors (Lipinski definition) is 19. The standard InChI is InChI=1S/C37H54FN2O15P.C24H31FNO13P.C23H29FNO13P/c38-28-17-13-25(14-18-28)31(42)11-5-1-2-6-12-32(43)39-21-7-3-4-9-29(41)23-26(35(47)48)15-19-33(44)40-30(37(51)52)10-8-22-55-56(53,54)24-27(36(49)50)16-20-34(45)46;25-17-7-3-14(4-8-17)19(27)12-15(22(31)32)5-9-20(28)26-18(24(35)36)2-1-11-39-40(37,38)13-16(23(33)34)6-10-21(29)30;24-16-4-1-13(2-5-16)20(29)25-18(23(34)35)7-6-17(26)11-14(21(30)31)9-10-38-39(36,37)12-15(22(32)33)3-8-19(27)28/h13-14,17-18,26-27,30H,1-12,15-16,19-24H2,(H,39,43)(H,40,44)(H,45,46)(H,47,48)(H,49,50)(H,51,52)(H,53,54);3-4,7-8,15-16,18H,1-2,5-6,9-13H2,(H,26,28)(H,29,30)(H,31,32)(H,33,34)(H,35,36)(H,37,38);1-2,4-5,14-15,18H,3,6-12H2,(H,25,29)(H,27,28)(H,30,31)(H,32,33)(H,34,35)(H,36,37)/t26-,27-,30+;15-,16-,18+;14?,15?,18-/m110/s1/i38-1;25-1;24-1. The summed E-state index contributed by atoms with van der Waals surface area (Å²) in [5.74, 6) is -30.6. The highest BCUT2D eigenvalue weighted by Gasteiger charge is 2.36. The molecule has 0 bridgehead atoms. The van der Waals surface area contributed by atoms with E-state index < -0.39 is 304 Å². The summed E-state index contributed by atoms with van der Waals surface area (Å²) < 4.78 is 90.1. The first-order valence-corrected chi connectivity index (χ1v) is 47.5. The molecule has 0 aliphatic carbocycles. The van der Waals surface area contributed by atoms with E-state index in [0.717, 1.165) is 49.2 Å². The Kier molecular flexibility index (Phi) is 57.5. The number of rotatable bonds is 72. The zero-order valence-corrected chi connectivity index (χ0v) is 75.8. The van der Waals surface area contributed by atoms with E-state index in [0.29, 0.717) is 57.1 Å². The summed E-state index contributed by atoms with van der Waals surface area (Å²) in [5, 5.41) is 119. The number of hydrogen-bond acceptors (Lipinski definition) is 26. The van der Waals surface area contributed by atoms with Crippen molar-refractivity contribution >= 4 is 141 Å². The van der Waals surface area contributed by atoms with Gasteiger partial charge in [-0.15, -0.1) is 0 Å². The van der Waals surface area contributed by atoms with Crippen LogP contribution in [0.15, 0.2) is 72.8 Å². The van der Waals surface area contributed by atoms with Crippen molar-refractivity contribution in [3.63, 3.8) is 0 Å². The molecule has 19 N–H and O–H groups in total. The van der Waals surface area contributed by atoms with Gasteiger partial charge in [0.2, 0.25) is 17.7 Å². The van der Waals surface area contributed by atoms with Gasteiger partial charge in [-0.05, 0) is 169 Å². The van der Waals surface area contributed by atoms with E-state index in [9.17, 15) is 173 Å². The molecule has 0 spiro atoms. The van der Waals surface area contributed by atoms with Crippen molar-refractivity contribution in [1.29, 1.82) is 0 Å². The molecule has 0 heterocycles. The van der Waals surface area contributed by atoms with Crippen LogP contribution in [0.2, 0.25) is 0 Å². The van der Waals surface area contributed by atoms with E-state index in [2.05, 4.69) is 21.3 Å². The number of benzene rings is 3. The van der Waals surface area contributed by atoms with Crippen molar-refractivity contribution in [3.05, 3.63) is 107 Å². The summed E-state index contributed by atoms with van der Waals surface area (Å²) in [4.78, 5) is 263. The van der Waals surface area contributed by atoms with E-state index in [1.807, 2.05) is 0 Å². The van der Waals surface area contributed by atoms with Crippen LogP contribution in [-0.2, 0) is 109 Å². The minimum Gasteiger partial charge on any atom is -0.481 e. The minimum atomic E-state index is -4.54. The number of unbranched alkanes of at least 4 members (excludes halogenated alkanes) is 5. The van der Waals surface area contributed by atoms with Crippen LogP contribution in [0.25, 0.3) is 0 Å². The molecular formula is C84H114F3N4O41P3. The normalized spacial score (nSPS) is 14.4. The van der Waals surface area contributed by atoms with Crippen molar-refractivity contribution < 1.29 is 212 Å². The van der Waals surface area contributed by atoms with Gasteiger partial charge in [0.15, 0.2) is 11.6 Å². The van der Waals surface area contributed by atoms with Crippen LogP contribution < -0.4 is 21.3 Å². The second-order valence-corrected chi connectivity index (χ2v) is 36.8. The molecule has 4 amide bonds. The lowest BCUT2D eigenvalue weighted by atomic mass is 9.94. The highest BCUT2D eigenvalue weighted by Crippen LogP contribution is 2.47. The number of halogens is 3. The van der Waals surface area contributed by atoms with Gasteiger partial charge in [0.05, 0.1) is 73.8 Å². The topological polar surface area (TPSA) is 772 Å². The number of carbonyl (C=O) groups excluding carboxylic acids is 8. The summed E-state index contributed by atoms with van der Waals surface area (Å²) in [6.07, 6.45) is -4.70. The first-order valence-electron chi connectivity index (χ1n) is 42.2. The van der Waals surface area contributed by atoms with Crippen molar-refractivity contribution in [2.45, 2.75) is 211 Å². The highest BCUT2D eigenvalue weighted by molar-refractivity contribution is 7.53. The van der Waals surface area contributed by atoms with Crippen LogP contribution >= 0.6 is 22.8 Å². The van der Waals surface area contributed by atoms with Crippen molar-refractivity contribution in [3.8, 4) is 0 Å². The van der Waals surface area contributed by atoms with Gasteiger partial charge in [0, 0.05) is 100 Å². The number of Topliss-reactive ketones (excluding diaryl/α,β-unsaturated/α-hetero) is 4. The number of ketones is 4. The third kappa shape index (κ3) is 56.8. The van der Waals surface area contributed by atoms with Crippen LogP contribution in [0, 0.1) is 53.0 Å². The second kappa shape index (κ2) is 64.1. The smallest absolute Gasteiger partial charge is 0.328 e. The molecule has 752 valence electrons.